The second kappa shape index (κ2) is 6.16. The molecule has 0 aliphatic carbocycles. The fourth-order valence-corrected chi connectivity index (χ4v) is 3.80. The van der Waals surface area contributed by atoms with Gasteiger partial charge in [0.15, 0.2) is 4.96 Å². The summed E-state index contributed by atoms with van der Waals surface area (Å²) in [5.41, 5.74) is 5.46. The number of fused-ring (bicyclic) bond motifs is 1. The van der Waals surface area contributed by atoms with Gasteiger partial charge >= 0.3 is 0 Å². The lowest BCUT2D eigenvalue weighted by atomic mass is 10.1. The van der Waals surface area contributed by atoms with Gasteiger partial charge in [0.05, 0.1) is 12.2 Å². The molecule has 0 atom stereocenters. The third-order valence-corrected chi connectivity index (χ3v) is 5.00. The van der Waals surface area contributed by atoms with Gasteiger partial charge in [0.1, 0.15) is 0 Å². The van der Waals surface area contributed by atoms with Crippen LogP contribution in [0.15, 0.2) is 34.4 Å². The van der Waals surface area contributed by atoms with Crippen molar-refractivity contribution < 1.29 is 0 Å². The van der Waals surface area contributed by atoms with Gasteiger partial charge in [-0.25, -0.2) is 4.98 Å². The lowest BCUT2D eigenvalue weighted by Gasteiger charge is -2.24. The second-order valence-electron chi connectivity index (χ2n) is 5.88. The van der Waals surface area contributed by atoms with Gasteiger partial charge in [-0.05, 0) is 39.3 Å². The molecule has 2 heterocycles. The highest BCUT2D eigenvalue weighted by Gasteiger charge is 2.12. The maximum atomic E-state index is 12.3. The lowest BCUT2D eigenvalue weighted by Crippen LogP contribution is -2.25. The van der Waals surface area contributed by atoms with Gasteiger partial charge in [-0.2, -0.15) is 0 Å². The summed E-state index contributed by atoms with van der Waals surface area (Å²) in [4.78, 5) is 20.0. The van der Waals surface area contributed by atoms with Crippen molar-refractivity contribution in [3.05, 3.63) is 62.5 Å². The summed E-state index contributed by atoms with van der Waals surface area (Å²) in [5, 5.41) is 1.97. The van der Waals surface area contributed by atoms with Crippen LogP contribution in [0.5, 0.6) is 0 Å². The van der Waals surface area contributed by atoms with E-state index in [1.54, 1.807) is 10.5 Å². The van der Waals surface area contributed by atoms with E-state index in [2.05, 4.69) is 48.9 Å². The second-order valence-corrected chi connectivity index (χ2v) is 6.72. The zero-order valence-electron chi connectivity index (χ0n) is 14.0. The van der Waals surface area contributed by atoms with Gasteiger partial charge < -0.3 is 4.90 Å². The molecule has 120 valence electrons. The third-order valence-electron chi connectivity index (χ3n) is 4.06. The number of aryl methyl sites for hydroxylation is 3. The van der Waals surface area contributed by atoms with E-state index in [0.29, 0.717) is 6.54 Å². The average molecular weight is 327 g/mol. The van der Waals surface area contributed by atoms with Crippen LogP contribution < -0.4 is 10.5 Å². The number of hydrogen-bond acceptors (Lipinski definition) is 4. The van der Waals surface area contributed by atoms with Crippen molar-refractivity contribution in [3.63, 3.8) is 0 Å². The van der Waals surface area contributed by atoms with Gasteiger partial charge in [-0.1, -0.05) is 17.7 Å². The first-order chi connectivity index (χ1) is 11.0. The first-order valence-corrected chi connectivity index (χ1v) is 8.66. The van der Waals surface area contributed by atoms with Crippen LogP contribution in [-0.4, -0.2) is 15.9 Å². The van der Waals surface area contributed by atoms with Gasteiger partial charge in [-0.15, -0.1) is 11.3 Å². The Kier molecular flexibility index (Phi) is 4.22. The number of benzene rings is 1. The highest BCUT2D eigenvalue weighted by molar-refractivity contribution is 7.15. The van der Waals surface area contributed by atoms with Crippen LogP contribution in [0.3, 0.4) is 0 Å². The number of nitrogens with zero attached hydrogens (tertiary/aromatic N) is 3. The molecule has 5 heteroatoms. The van der Waals surface area contributed by atoms with E-state index in [1.807, 2.05) is 12.3 Å². The minimum atomic E-state index is 0.000399. The molecule has 0 saturated carbocycles. The molecule has 1 aromatic carbocycles. The molecule has 0 aliphatic rings. The minimum Gasteiger partial charge on any atom is -0.366 e. The highest BCUT2D eigenvalue weighted by atomic mass is 32.1. The Hall–Kier alpha value is -2.14. The Bertz CT molecular complexity index is 910. The fraction of sp³-hybridized carbons (Fsp3) is 0.333. The molecule has 0 fully saturated rings. The van der Waals surface area contributed by atoms with E-state index in [9.17, 15) is 4.79 Å². The normalized spacial score (nSPS) is 11.1. The smallest absolute Gasteiger partial charge is 0.259 e. The molecule has 0 amide bonds. The molecule has 0 saturated heterocycles. The summed E-state index contributed by atoms with van der Waals surface area (Å²) < 4.78 is 1.67. The first kappa shape index (κ1) is 15.7. The SMILES string of the molecule is CCN(Cc1cc(=O)n2c(C)csc2n1)c1ccc(C)cc1C. The molecule has 4 nitrogen and oxygen atoms in total. The van der Waals surface area contributed by atoms with Crippen LogP contribution in [0.4, 0.5) is 5.69 Å². The number of aromatic nitrogens is 2. The quantitative estimate of drug-likeness (QED) is 0.733. The lowest BCUT2D eigenvalue weighted by molar-refractivity contribution is 0.801. The Balaban J connectivity index is 1.97. The van der Waals surface area contributed by atoms with E-state index < -0.39 is 0 Å². The van der Waals surface area contributed by atoms with Crippen molar-refractivity contribution in [1.82, 2.24) is 9.38 Å². The van der Waals surface area contributed by atoms with Crippen LogP contribution >= 0.6 is 11.3 Å². The molecular formula is C18H21N3OS. The number of hydrogen-bond donors (Lipinski definition) is 0. The third kappa shape index (κ3) is 3.01. The molecule has 0 radical (unpaired) electrons. The molecule has 0 bridgehead atoms. The summed E-state index contributed by atoms with van der Waals surface area (Å²) in [6.07, 6.45) is 0. The Labute approximate surface area is 140 Å². The molecule has 0 aliphatic heterocycles. The molecule has 3 aromatic rings. The van der Waals surface area contributed by atoms with E-state index >= 15 is 0 Å². The summed E-state index contributed by atoms with van der Waals surface area (Å²) >= 11 is 1.51. The highest BCUT2D eigenvalue weighted by Crippen LogP contribution is 2.22. The standard InChI is InChI=1S/C18H21N3OS/c1-5-20(16-7-6-12(2)8-13(16)3)10-15-9-17(22)21-14(4)11-23-18(21)19-15/h6-9,11H,5,10H2,1-4H3. The first-order valence-electron chi connectivity index (χ1n) is 7.78. The maximum absolute atomic E-state index is 12.3. The summed E-state index contributed by atoms with van der Waals surface area (Å²) in [6, 6.07) is 8.11. The molecule has 23 heavy (non-hydrogen) atoms. The van der Waals surface area contributed by atoms with Gasteiger partial charge in [0, 0.05) is 29.4 Å². The molecule has 0 N–H and O–H groups in total. The van der Waals surface area contributed by atoms with Crippen molar-refractivity contribution in [2.45, 2.75) is 34.2 Å². The molecule has 0 unspecified atom stereocenters. The van der Waals surface area contributed by atoms with Gasteiger partial charge in [0.25, 0.3) is 5.56 Å². The van der Waals surface area contributed by atoms with Crippen molar-refractivity contribution in [2.75, 3.05) is 11.4 Å². The molecular weight excluding hydrogens is 306 g/mol. The van der Waals surface area contributed by atoms with Crippen LogP contribution in [0.1, 0.15) is 29.4 Å². The Morgan fingerprint density at radius 2 is 2.00 bits per heavy atom. The van der Waals surface area contributed by atoms with Crippen LogP contribution in [0.2, 0.25) is 0 Å². The number of anilines is 1. The number of thiazole rings is 1. The molecule has 0 spiro atoms. The van der Waals surface area contributed by atoms with Gasteiger partial charge in [-0.3, -0.25) is 9.20 Å². The maximum Gasteiger partial charge on any atom is 0.259 e. The monoisotopic (exact) mass is 327 g/mol. The summed E-state index contributed by atoms with van der Waals surface area (Å²) in [5.74, 6) is 0. The van der Waals surface area contributed by atoms with E-state index in [4.69, 9.17) is 0 Å². The summed E-state index contributed by atoms with van der Waals surface area (Å²) in [7, 11) is 0. The van der Waals surface area contributed by atoms with E-state index in [0.717, 1.165) is 22.9 Å². The average Bonchev–Trinajstić information content (AvgIpc) is 2.87. The Morgan fingerprint density at radius 3 is 2.70 bits per heavy atom. The van der Waals surface area contributed by atoms with Crippen LogP contribution in [0, 0.1) is 20.8 Å². The fourth-order valence-electron chi connectivity index (χ4n) is 2.90. The molecule has 3 rings (SSSR count). The predicted octanol–water partition coefficient (Wildman–Crippen LogP) is 3.71. The topological polar surface area (TPSA) is 37.6 Å². The van der Waals surface area contributed by atoms with Crippen molar-refractivity contribution in [3.8, 4) is 0 Å². The minimum absolute atomic E-state index is 0.000399. The zero-order chi connectivity index (χ0) is 16.6. The van der Waals surface area contributed by atoms with Gasteiger partial charge in [0.2, 0.25) is 0 Å². The van der Waals surface area contributed by atoms with Crippen LogP contribution in [0.25, 0.3) is 4.96 Å². The molecule has 2 aromatic heterocycles. The zero-order valence-corrected chi connectivity index (χ0v) is 14.8. The Morgan fingerprint density at radius 1 is 1.22 bits per heavy atom. The predicted molar refractivity (Wildman–Crippen MR) is 96.7 cm³/mol. The summed E-state index contributed by atoms with van der Waals surface area (Å²) in [6.45, 7) is 9.79. The van der Waals surface area contributed by atoms with E-state index in [-0.39, 0.29) is 5.56 Å². The van der Waals surface area contributed by atoms with Crippen LogP contribution in [-0.2, 0) is 6.54 Å². The van der Waals surface area contributed by atoms with Crippen molar-refractivity contribution in [2.24, 2.45) is 0 Å². The largest absolute Gasteiger partial charge is 0.366 e. The van der Waals surface area contributed by atoms with Crippen molar-refractivity contribution >= 4 is 22.0 Å². The number of rotatable bonds is 4. The van der Waals surface area contributed by atoms with E-state index in [1.165, 1.54) is 28.2 Å². The van der Waals surface area contributed by atoms with Crippen molar-refractivity contribution in [1.29, 1.82) is 0 Å².